The summed E-state index contributed by atoms with van der Waals surface area (Å²) >= 11 is 0. The molecule has 2 rings (SSSR count). The lowest BCUT2D eigenvalue weighted by atomic mass is 10.0. The van der Waals surface area contributed by atoms with Gasteiger partial charge in [0.2, 0.25) is 0 Å². The lowest BCUT2D eigenvalue weighted by Crippen LogP contribution is -2.32. The van der Waals surface area contributed by atoms with Crippen LogP contribution in [0.3, 0.4) is 0 Å². The molecule has 0 saturated carbocycles. The quantitative estimate of drug-likeness (QED) is 0.843. The van der Waals surface area contributed by atoms with E-state index in [0.717, 1.165) is 0 Å². The summed E-state index contributed by atoms with van der Waals surface area (Å²) in [5.41, 5.74) is 0.495. The van der Waals surface area contributed by atoms with Crippen LogP contribution in [0.2, 0.25) is 0 Å². The van der Waals surface area contributed by atoms with Gasteiger partial charge in [-0.05, 0) is 18.9 Å². The number of benzene rings is 1. The third kappa shape index (κ3) is 2.39. The molecule has 0 radical (unpaired) electrons. The first-order valence-corrected chi connectivity index (χ1v) is 5.44. The van der Waals surface area contributed by atoms with Crippen LogP contribution >= 0.6 is 0 Å². The van der Waals surface area contributed by atoms with Crippen LogP contribution in [0, 0.1) is 5.82 Å². The SMILES string of the molecule is COc1ccc(C2CCC(C(=O)O)N2)c(F)c1. The molecule has 1 heterocycles. The highest BCUT2D eigenvalue weighted by atomic mass is 19.1. The molecule has 0 amide bonds. The minimum Gasteiger partial charge on any atom is -0.497 e. The van der Waals surface area contributed by atoms with E-state index in [9.17, 15) is 9.18 Å². The maximum atomic E-state index is 13.7. The summed E-state index contributed by atoms with van der Waals surface area (Å²) in [4.78, 5) is 10.8. The van der Waals surface area contributed by atoms with Crippen molar-refractivity contribution in [3.8, 4) is 5.75 Å². The van der Waals surface area contributed by atoms with E-state index in [1.165, 1.54) is 13.2 Å². The molecular weight excluding hydrogens is 225 g/mol. The molecule has 5 heteroatoms. The Balaban J connectivity index is 2.16. The van der Waals surface area contributed by atoms with Gasteiger partial charge >= 0.3 is 5.97 Å². The van der Waals surface area contributed by atoms with Gasteiger partial charge in [-0.1, -0.05) is 6.07 Å². The second-order valence-electron chi connectivity index (χ2n) is 4.07. The number of halogens is 1. The highest BCUT2D eigenvalue weighted by molar-refractivity contribution is 5.73. The molecule has 17 heavy (non-hydrogen) atoms. The molecule has 2 atom stereocenters. The molecule has 1 aromatic carbocycles. The van der Waals surface area contributed by atoms with Gasteiger partial charge in [0.15, 0.2) is 0 Å². The molecule has 2 unspecified atom stereocenters. The second kappa shape index (κ2) is 4.71. The largest absolute Gasteiger partial charge is 0.497 e. The normalized spacial score (nSPS) is 23.6. The topological polar surface area (TPSA) is 58.6 Å². The van der Waals surface area contributed by atoms with Crippen LogP contribution < -0.4 is 10.1 Å². The Hall–Kier alpha value is -1.62. The highest BCUT2D eigenvalue weighted by Gasteiger charge is 2.30. The average molecular weight is 239 g/mol. The highest BCUT2D eigenvalue weighted by Crippen LogP contribution is 2.30. The van der Waals surface area contributed by atoms with Crippen LogP contribution in [0.5, 0.6) is 5.75 Å². The zero-order valence-electron chi connectivity index (χ0n) is 9.44. The molecule has 0 aromatic heterocycles. The summed E-state index contributed by atoms with van der Waals surface area (Å²) in [6.07, 6.45) is 1.14. The van der Waals surface area contributed by atoms with Crippen LogP contribution in [0.4, 0.5) is 4.39 Å². The van der Waals surface area contributed by atoms with E-state index in [2.05, 4.69) is 5.32 Å². The van der Waals surface area contributed by atoms with Crippen molar-refractivity contribution in [2.45, 2.75) is 24.9 Å². The summed E-state index contributed by atoms with van der Waals surface area (Å²) in [6.45, 7) is 0. The molecular formula is C12H14FNO3. The van der Waals surface area contributed by atoms with E-state index in [0.29, 0.717) is 24.2 Å². The lowest BCUT2D eigenvalue weighted by molar-refractivity contribution is -0.139. The molecule has 1 aliphatic heterocycles. The minimum absolute atomic E-state index is 0.234. The predicted molar refractivity (Wildman–Crippen MR) is 59.5 cm³/mol. The van der Waals surface area contributed by atoms with Crippen molar-refractivity contribution in [3.63, 3.8) is 0 Å². The van der Waals surface area contributed by atoms with Crippen LogP contribution in [-0.2, 0) is 4.79 Å². The van der Waals surface area contributed by atoms with Crippen molar-refractivity contribution in [1.29, 1.82) is 0 Å². The number of rotatable bonds is 3. The van der Waals surface area contributed by atoms with Crippen molar-refractivity contribution in [2.24, 2.45) is 0 Å². The molecule has 4 nitrogen and oxygen atoms in total. The summed E-state index contributed by atoms with van der Waals surface area (Å²) in [5, 5.41) is 11.8. The number of carboxylic acids is 1. The van der Waals surface area contributed by atoms with Crippen molar-refractivity contribution in [3.05, 3.63) is 29.6 Å². The van der Waals surface area contributed by atoms with Crippen LogP contribution in [0.1, 0.15) is 24.4 Å². The number of carboxylic acid groups (broad SMARTS) is 1. The van der Waals surface area contributed by atoms with E-state index in [1.54, 1.807) is 12.1 Å². The zero-order valence-corrected chi connectivity index (χ0v) is 9.44. The molecule has 1 aromatic rings. The molecule has 1 aliphatic rings. The van der Waals surface area contributed by atoms with Gasteiger partial charge in [-0.15, -0.1) is 0 Å². The van der Waals surface area contributed by atoms with Gasteiger partial charge in [0.05, 0.1) is 7.11 Å². The summed E-state index contributed by atoms with van der Waals surface area (Å²) < 4.78 is 18.7. The molecule has 1 fully saturated rings. The van der Waals surface area contributed by atoms with Crippen molar-refractivity contribution in [2.75, 3.05) is 7.11 Å². The Kier molecular flexibility index (Phi) is 3.28. The number of hydrogen-bond acceptors (Lipinski definition) is 3. The van der Waals surface area contributed by atoms with Gasteiger partial charge in [0.25, 0.3) is 0 Å². The Morgan fingerprint density at radius 3 is 2.82 bits per heavy atom. The number of nitrogens with one attached hydrogen (secondary N) is 1. The van der Waals surface area contributed by atoms with Crippen LogP contribution in [-0.4, -0.2) is 24.2 Å². The Morgan fingerprint density at radius 2 is 2.29 bits per heavy atom. The first-order chi connectivity index (χ1) is 8.11. The predicted octanol–water partition coefficient (Wildman–Crippen LogP) is 1.71. The molecule has 2 N–H and O–H groups in total. The number of hydrogen-bond donors (Lipinski definition) is 2. The summed E-state index contributed by atoms with van der Waals surface area (Å²) in [5.74, 6) is -0.798. The van der Waals surface area contributed by atoms with Crippen molar-refractivity contribution < 1.29 is 19.0 Å². The minimum atomic E-state index is -0.888. The van der Waals surface area contributed by atoms with E-state index >= 15 is 0 Å². The Labute approximate surface area is 98.4 Å². The first kappa shape index (κ1) is 11.9. The van der Waals surface area contributed by atoms with Crippen LogP contribution in [0.15, 0.2) is 18.2 Å². The third-order valence-corrected chi connectivity index (χ3v) is 3.03. The van der Waals surface area contributed by atoms with E-state index in [1.807, 2.05) is 0 Å². The van der Waals surface area contributed by atoms with Crippen molar-refractivity contribution >= 4 is 5.97 Å². The first-order valence-electron chi connectivity index (χ1n) is 5.44. The van der Waals surface area contributed by atoms with Gasteiger partial charge in [-0.2, -0.15) is 0 Å². The lowest BCUT2D eigenvalue weighted by Gasteiger charge is -2.13. The monoisotopic (exact) mass is 239 g/mol. The zero-order chi connectivity index (χ0) is 12.4. The molecule has 0 bridgehead atoms. The van der Waals surface area contributed by atoms with E-state index in [-0.39, 0.29) is 11.9 Å². The Morgan fingerprint density at radius 1 is 1.53 bits per heavy atom. The molecule has 1 saturated heterocycles. The van der Waals surface area contributed by atoms with Gasteiger partial charge in [-0.3, -0.25) is 10.1 Å². The van der Waals surface area contributed by atoms with E-state index in [4.69, 9.17) is 9.84 Å². The van der Waals surface area contributed by atoms with E-state index < -0.39 is 12.0 Å². The number of carbonyl (C=O) groups is 1. The molecule has 0 aliphatic carbocycles. The number of ether oxygens (including phenoxy) is 1. The molecule has 0 spiro atoms. The fraction of sp³-hybridized carbons (Fsp3) is 0.417. The van der Waals surface area contributed by atoms with Gasteiger partial charge in [-0.25, -0.2) is 4.39 Å². The number of aliphatic carboxylic acids is 1. The maximum Gasteiger partial charge on any atom is 0.320 e. The van der Waals surface area contributed by atoms with Crippen molar-refractivity contribution in [1.82, 2.24) is 5.32 Å². The standard InChI is InChI=1S/C12H14FNO3/c1-17-7-2-3-8(9(13)6-7)10-4-5-11(14-10)12(15)16/h2-3,6,10-11,14H,4-5H2,1H3,(H,15,16). The van der Waals surface area contributed by atoms with Crippen LogP contribution in [0.25, 0.3) is 0 Å². The molecule has 92 valence electrons. The average Bonchev–Trinajstić information content (AvgIpc) is 2.78. The van der Waals surface area contributed by atoms with Gasteiger partial charge < -0.3 is 9.84 Å². The van der Waals surface area contributed by atoms with Gasteiger partial charge in [0, 0.05) is 17.7 Å². The summed E-state index contributed by atoms with van der Waals surface area (Å²) in [6, 6.07) is 3.80. The fourth-order valence-electron chi connectivity index (χ4n) is 2.10. The Bertz CT molecular complexity index is 436. The smallest absolute Gasteiger partial charge is 0.320 e. The van der Waals surface area contributed by atoms with Gasteiger partial charge in [0.1, 0.15) is 17.6 Å². The summed E-state index contributed by atoms with van der Waals surface area (Å²) in [7, 11) is 1.47. The third-order valence-electron chi connectivity index (χ3n) is 3.03. The maximum absolute atomic E-state index is 13.7. The second-order valence-corrected chi connectivity index (χ2v) is 4.07. The number of methoxy groups -OCH3 is 1. The fourth-order valence-corrected chi connectivity index (χ4v) is 2.10.